The number of aliphatic imine (C=N–C) groups is 1. The minimum absolute atomic E-state index is 0.0740. The van der Waals surface area contributed by atoms with Gasteiger partial charge in [-0.05, 0) is 42.0 Å². The second kappa shape index (κ2) is 8.97. The number of rotatable bonds is 5. The molecule has 3 heterocycles. The molecule has 2 unspecified atom stereocenters. The summed E-state index contributed by atoms with van der Waals surface area (Å²) in [5, 5.41) is 12.0. The SMILES string of the molecule is CN=C(NCC1CC(=O)Nc2ccccc21)NCC(C)N1CCc2sccc2C1. The maximum atomic E-state index is 12.0. The number of carbonyl (C=O) groups is 1. The lowest BCUT2D eigenvalue weighted by atomic mass is 9.90. The van der Waals surface area contributed by atoms with Gasteiger partial charge in [0.2, 0.25) is 5.91 Å². The van der Waals surface area contributed by atoms with Gasteiger partial charge < -0.3 is 16.0 Å². The molecule has 0 radical (unpaired) electrons. The van der Waals surface area contributed by atoms with Crippen molar-refractivity contribution in [3.8, 4) is 0 Å². The molecule has 1 aromatic carbocycles. The predicted molar refractivity (Wildman–Crippen MR) is 120 cm³/mol. The van der Waals surface area contributed by atoms with E-state index in [2.05, 4.69) is 50.3 Å². The molecule has 7 heteroatoms. The van der Waals surface area contributed by atoms with Crippen LogP contribution in [0.5, 0.6) is 0 Å². The van der Waals surface area contributed by atoms with Crippen LogP contribution in [-0.2, 0) is 17.8 Å². The number of hydrogen-bond acceptors (Lipinski definition) is 4. The Bertz CT molecular complexity index is 893. The molecule has 0 aliphatic carbocycles. The fraction of sp³-hybridized carbons (Fsp3) is 0.455. The number of thiophene rings is 1. The van der Waals surface area contributed by atoms with E-state index in [9.17, 15) is 4.79 Å². The average Bonchev–Trinajstić information content (AvgIpc) is 3.21. The van der Waals surface area contributed by atoms with Crippen LogP contribution in [0.25, 0.3) is 0 Å². The fourth-order valence-electron chi connectivity index (χ4n) is 4.14. The maximum Gasteiger partial charge on any atom is 0.225 e. The van der Waals surface area contributed by atoms with E-state index in [4.69, 9.17) is 0 Å². The molecule has 0 saturated heterocycles. The topological polar surface area (TPSA) is 68.8 Å². The van der Waals surface area contributed by atoms with Gasteiger partial charge in [0.25, 0.3) is 0 Å². The number of carbonyl (C=O) groups excluding carboxylic acids is 1. The van der Waals surface area contributed by atoms with E-state index in [0.29, 0.717) is 19.0 Å². The molecule has 2 aliphatic heterocycles. The van der Waals surface area contributed by atoms with Gasteiger partial charge in [-0.1, -0.05) is 18.2 Å². The predicted octanol–water partition coefficient (Wildman–Crippen LogP) is 2.79. The first-order valence-corrected chi connectivity index (χ1v) is 11.1. The van der Waals surface area contributed by atoms with Gasteiger partial charge in [0.15, 0.2) is 5.96 Å². The number of guanidine groups is 1. The number of nitrogens with zero attached hydrogens (tertiary/aromatic N) is 2. The monoisotopic (exact) mass is 411 g/mol. The minimum Gasteiger partial charge on any atom is -0.356 e. The van der Waals surface area contributed by atoms with E-state index >= 15 is 0 Å². The third kappa shape index (κ3) is 4.62. The second-order valence-corrected chi connectivity index (χ2v) is 8.81. The molecule has 0 spiro atoms. The first-order valence-electron chi connectivity index (χ1n) is 10.3. The van der Waals surface area contributed by atoms with Gasteiger partial charge in [0.1, 0.15) is 0 Å². The summed E-state index contributed by atoms with van der Waals surface area (Å²) in [6.07, 6.45) is 1.64. The lowest BCUT2D eigenvalue weighted by molar-refractivity contribution is -0.116. The van der Waals surface area contributed by atoms with Crippen molar-refractivity contribution >= 4 is 28.9 Å². The minimum atomic E-state index is 0.0740. The third-order valence-corrected chi connectivity index (χ3v) is 6.89. The highest BCUT2D eigenvalue weighted by Crippen LogP contribution is 2.31. The van der Waals surface area contributed by atoms with Crippen LogP contribution < -0.4 is 16.0 Å². The van der Waals surface area contributed by atoms with Gasteiger partial charge in [0.05, 0.1) is 0 Å². The molecule has 29 heavy (non-hydrogen) atoms. The molecule has 4 rings (SSSR count). The summed E-state index contributed by atoms with van der Waals surface area (Å²) in [6.45, 7) is 5.92. The molecule has 1 aromatic heterocycles. The standard InChI is InChI=1S/C22H29N5OS/c1-15(27-9-7-20-16(14-27)8-10-29-20)12-24-22(23-2)25-13-17-11-21(28)26-19-6-4-3-5-18(17)19/h3-6,8,10,15,17H,7,9,11-14H2,1-2H3,(H,26,28)(H2,23,24,25). The Kier molecular flexibility index (Phi) is 6.16. The lowest BCUT2D eigenvalue weighted by Gasteiger charge is -2.33. The Hall–Kier alpha value is -2.38. The molecule has 0 saturated carbocycles. The quantitative estimate of drug-likeness (QED) is 0.523. The van der Waals surface area contributed by atoms with Crippen LogP contribution in [0.2, 0.25) is 0 Å². The Morgan fingerprint density at radius 3 is 3.07 bits per heavy atom. The lowest BCUT2D eigenvalue weighted by Crippen LogP contribution is -2.48. The van der Waals surface area contributed by atoms with E-state index in [1.165, 1.54) is 16.0 Å². The molecule has 2 aliphatic rings. The molecule has 6 nitrogen and oxygen atoms in total. The van der Waals surface area contributed by atoms with Crippen LogP contribution in [0.15, 0.2) is 40.7 Å². The molecule has 0 bridgehead atoms. The first kappa shape index (κ1) is 19.9. The number of anilines is 1. The van der Waals surface area contributed by atoms with E-state index in [-0.39, 0.29) is 11.8 Å². The highest BCUT2D eigenvalue weighted by Gasteiger charge is 2.25. The zero-order valence-electron chi connectivity index (χ0n) is 17.1. The Balaban J connectivity index is 1.29. The number of fused-ring (bicyclic) bond motifs is 2. The van der Waals surface area contributed by atoms with Crippen LogP contribution in [0.4, 0.5) is 5.69 Å². The Labute approximate surface area is 176 Å². The van der Waals surface area contributed by atoms with E-state index < -0.39 is 0 Å². The van der Waals surface area contributed by atoms with Crippen molar-refractivity contribution in [2.24, 2.45) is 4.99 Å². The number of nitrogens with one attached hydrogen (secondary N) is 3. The second-order valence-electron chi connectivity index (χ2n) is 7.81. The van der Waals surface area contributed by atoms with Crippen molar-refractivity contribution in [1.82, 2.24) is 15.5 Å². The van der Waals surface area contributed by atoms with Crippen molar-refractivity contribution in [3.05, 3.63) is 51.7 Å². The van der Waals surface area contributed by atoms with Crippen LogP contribution in [-0.4, -0.2) is 49.5 Å². The zero-order chi connectivity index (χ0) is 20.2. The zero-order valence-corrected chi connectivity index (χ0v) is 17.9. The summed E-state index contributed by atoms with van der Waals surface area (Å²) < 4.78 is 0. The van der Waals surface area contributed by atoms with Gasteiger partial charge in [-0.2, -0.15) is 0 Å². The van der Waals surface area contributed by atoms with Crippen LogP contribution in [0.1, 0.15) is 35.3 Å². The van der Waals surface area contributed by atoms with Crippen molar-refractivity contribution in [1.29, 1.82) is 0 Å². The van der Waals surface area contributed by atoms with Crippen molar-refractivity contribution < 1.29 is 4.79 Å². The van der Waals surface area contributed by atoms with Gasteiger partial charge in [-0.15, -0.1) is 11.3 Å². The summed E-state index contributed by atoms with van der Waals surface area (Å²) in [6, 6.07) is 10.7. The highest BCUT2D eigenvalue weighted by molar-refractivity contribution is 7.10. The summed E-state index contributed by atoms with van der Waals surface area (Å²) in [7, 11) is 1.79. The molecular weight excluding hydrogens is 382 g/mol. The Morgan fingerprint density at radius 1 is 1.34 bits per heavy atom. The van der Waals surface area contributed by atoms with Crippen molar-refractivity contribution in [3.63, 3.8) is 0 Å². The normalized spacial score (nSPS) is 20.4. The van der Waals surface area contributed by atoms with Crippen LogP contribution in [0, 0.1) is 0 Å². The van der Waals surface area contributed by atoms with Crippen molar-refractivity contribution in [2.45, 2.75) is 38.3 Å². The largest absolute Gasteiger partial charge is 0.356 e. The van der Waals surface area contributed by atoms with Gasteiger partial charge in [-0.25, -0.2) is 0 Å². The van der Waals surface area contributed by atoms with E-state index in [1.54, 1.807) is 7.05 Å². The highest BCUT2D eigenvalue weighted by atomic mass is 32.1. The van der Waals surface area contributed by atoms with Crippen LogP contribution in [0.3, 0.4) is 0 Å². The van der Waals surface area contributed by atoms with E-state index in [1.807, 2.05) is 29.5 Å². The molecular formula is C22H29N5OS. The van der Waals surface area contributed by atoms with E-state index in [0.717, 1.165) is 37.7 Å². The van der Waals surface area contributed by atoms with Gasteiger partial charge in [-0.3, -0.25) is 14.7 Å². The smallest absolute Gasteiger partial charge is 0.225 e. The maximum absolute atomic E-state index is 12.0. The average molecular weight is 412 g/mol. The first-order chi connectivity index (χ1) is 14.1. The number of hydrogen-bond donors (Lipinski definition) is 3. The molecule has 154 valence electrons. The third-order valence-electron chi connectivity index (χ3n) is 5.87. The van der Waals surface area contributed by atoms with Crippen LogP contribution >= 0.6 is 11.3 Å². The molecule has 3 N–H and O–H groups in total. The number of amides is 1. The Morgan fingerprint density at radius 2 is 2.21 bits per heavy atom. The summed E-state index contributed by atoms with van der Waals surface area (Å²) in [5.74, 6) is 1.01. The number of benzene rings is 1. The molecule has 0 fully saturated rings. The summed E-state index contributed by atoms with van der Waals surface area (Å²) in [5.41, 5.74) is 3.58. The molecule has 2 atom stereocenters. The number of para-hydroxylation sites is 1. The fourth-order valence-corrected chi connectivity index (χ4v) is 5.03. The summed E-state index contributed by atoms with van der Waals surface area (Å²) in [4.78, 5) is 20.5. The van der Waals surface area contributed by atoms with Gasteiger partial charge in [0, 0.05) is 62.2 Å². The summed E-state index contributed by atoms with van der Waals surface area (Å²) >= 11 is 1.88. The molecule has 2 aromatic rings. The van der Waals surface area contributed by atoms with Crippen molar-refractivity contribution in [2.75, 3.05) is 32.0 Å². The van der Waals surface area contributed by atoms with Gasteiger partial charge >= 0.3 is 0 Å². The molecule has 1 amide bonds.